The number of carbonyl (C=O) groups excluding carboxylic acids is 1. The monoisotopic (exact) mass is 281 g/mol. The Bertz CT molecular complexity index is 548. The molecule has 19 heavy (non-hydrogen) atoms. The van der Waals surface area contributed by atoms with E-state index >= 15 is 0 Å². The lowest BCUT2D eigenvalue weighted by atomic mass is 10.2. The molecule has 1 amide bonds. The fourth-order valence-corrected chi connectivity index (χ4v) is 2.16. The molecule has 2 heterocycles. The molecule has 0 aromatic carbocycles. The van der Waals surface area contributed by atoms with Gasteiger partial charge in [0.25, 0.3) is 5.91 Å². The number of nitrogens with zero attached hydrogens (tertiary/aromatic N) is 3. The van der Waals surface area contributed by atoms with Gasteiger partial charge in [0.15, 0.2) is 5.82 Å². The van der Waals surface area contributed by atoms with E-state index in [1.807, 2.05) is 13.8 Å². The average Bonchev–Trinajstić information content (AvgIpc) is 2.94. The molecule has 0 bridgehead atoms. The van der Waals surface area contributed by atoms with E-state index in [1.165, 1.54) is 6.33 Å². The van der Waals surface area contributed by atoms with Crippen LogP contribution in [0.15, 0.2) is 6.33 Å². The molecule has 0 unspecified atom stereocenters. The molecule has 5 N–H and O–H groups in total. The summed E-state index contributed by atoms with van der Waals surface area (Å²) in [6.45, 7) is 4.19. The summed E-state index contributed by atoms with van der Waals surface area (Å²) >= 11 is 1.14. The van der Waals surface area contributed by atoms with Crippen LogP contribution in [0.2, 0.25) is 0 Å². The SMILES string of the molecule is CC(C)NC(=O)c1c(N)nsc1NCc1ncn[nH]1. The highest BCUT2D eigenvalue weighted by Gasteiger charge is 2.19. The van der Waals surface area contributed by atoms with Crippen molar-refractivity contribution in [3.05, 3.63) is 17.7 Å². The van der Waals surface area contributed by atoms with Crippen LogP contribution in [0, 0.1) is 0 Å². The second-order valence-corrected chi connectivity index (χ2v) is 4.96. The van der Waals surface area contributed by atoms with Crippen molar-refractivity contribution in [1.82, 2.24) is 24.9 Å². The van der Waals surface area contributed by atoms with Crippen molar-refractivity contribution < 1.29 is 4.79 Å². The molecule has 9 heteroatoms. The minimum Gasteiger partial charge on any atom is -0.382 e. The topological polar surface area (TPSA) is 122 Å². The van der Waals surface area contributed by atoms with Gasteiger partial charge in [-0.1, -0.05) is 0 Å². The van der Waals surface area contributed by atoms with Gasteiger partial charge < -0.3 is 16.4 Å². The van der Waals surface area contributed by atoms with Crippen LogP contribution in [0.1, 0.15) is 30.0 Å². The number of H-pyrrole nitrogens is 1. The number of nitrogen functional groups attached to an aromatic ring is 1. The van der Waals surface area contributed by atoms with Crippen LogP contribution in [-0.4, -0.2) is 31.5 Å². The Balaban J connectivity index is 2.10. The van der Waals surface area contributed by atoms with Gasteiger partial charge in [0.05, 0.1) is 6.54 Å². The molecule has 0 aliphatic rings. The van der Waals surface area contributed by atoms with Crippen molar-refractivity contribution in [1.29, 1.82) is 0 Å². The fraction of sp³-hybridized carbons (Fsp3) is 0.400. The Hall–Kier alpha value is -2.16. The van der Waals surface area contributed by atoms with Crippen LogP contribution in [0.25, 0.3) is 0 Å². The van der Waals surface area contributed by atoms with Crippen LogP contribution >= 0.6 is 11.5 Å². The first kappa shape index (κ1) is 13.3. The van der Waals surface area contributed by atoms with Crippen molar-refractivity contribution >= 4 is 28.3 Å². The number of aromatic amines is 1. The van der Waals surface area contributed by atoms with Crippen molar-refractivity contribution in [2.24, 2.45) is 0 Å². The van der Waals surface area contributed by atoms with Gasteiger partial charge in [-0.2, -0.15) is 9.47 Å². The fourth-order valence-electron chi connectivity index (χ4n) is 1.46. The third-order valence-electron chi connectivity index (χ3n) is 2.25. The molecular weight excluding hydrogens is 266 g/mol. The maximum atomic E-state index is 12.0. The molecule has 0 saturated carbocycles. The molecule has 2 rings (SSSR count). The van der Waals surface area contributed by atoms with Crippen LogP contribution in [-0.2, 0) is 6.54 Å². The predicted molar refractivity (Wildman–Crippen MR) is 72.8 cm³/mol. The van der Waals surface area contributed by atoms with Crippen molar-refractivity contribution in [3.8, 4) is 0 Å². The van der Waals surface area contributed by atoms with Gasteiger partial charge in [-0.15, -0.1) is 0 Å². The molecule has 2 aromatic rings. The van der Waals surface area contributed by atoms with E-state index in [9.17, 15) is 4.79 Å². The molecular formula is C10H15N7OS. The van der Waals surface area contributed by atoms with E-state index in [2.05, 4.69) is 30.2 Å². The maximum absolute atomic E-state index is 12.0. The maximum Gasteiger partial charge on any atom is 0.258 e. The van der Waals surface area contributed by atoms with Crippen molar-refractivity contribution in [3.63, 3.8) is 0 Å². The highest BCUT2D eigenvalue weighted by Crippen LogP contribution is 2.27. The molecule has 0 radical (unpaired) electrons. The lowest BCUT2D eigenvalue weighted by molar-refractivity contribution is 0.0945. The predicted octanol–water partition coefficient (Wildman–Crippen LogP) is 0.594. The van der Waals surface area contributed by atoms with Crippen LogP contribution < -0.4 is 16.4 Å². The molecule has 0 aliphatic carbocycles. The molecule has 0 fully saturated rings. The van der Waals surface area contributed by atoms with Crippen LogP contribution in [0.3, 0.4) is 0 Å². The molecule has 2 aromatic heterocycles. The number of rotatable bonds is 5. The Kier molecular flexibility index (Phi) is 3.95. The molecule has 0 spiro atoms. The van der Waals surface area contributed by atoms with E-state index in [0.29, 0.717) is 22.9 Å². The zero-order valence-corrected chi connectivity index (χ0v) is 11.4. The first-order chi connectivity index (χ1) is 9.08. The lowest BCUT2D eigenvalue weighted by Crippen LogP contribution is -2.30. The number of anilines is 2. The largest absolute Gasteiger partial charge is 0.382 e. The van der Waals surface area contributed by atoms with E-state index in [4.69, 9.17) is 5.73 Å². The number of hydrogen-bond donors (Lipinski definition) is 4. The smallest absolute Gasteiger partial charge is 0.258 e. The molecule has 102 valence electrons. The van der Waals surface area contributed by atoms with Gasteiger partial charge in [0.2, 0.25) is 0 Å². The van der Waals surface area contributed by atoms with E-state index < -0.39 is 0 Å². The number of nitrogens with two attached hydrogens (primary N) is 1. The molecule has 0 saturated heterocycles. The summed E-state index contributed by atoms with van der Waals surface area (Å²) in [5, 5.41) is 12.9. The van der Waals surface area contributed by atoms with E-state index in [-0.39, 0.29) is 17.8 Å². The summed E-state index contributed by atoms with van der Waals surface area (Å²) in [5.74, 6) is 0.659. The van der Waals surface area contributed by atoms with Crippen molar-refractivity contribution in [2.45, 2.75) is 26.4 Å². The Labute approximate surface area is 114 Å². The van der Waals surface area contributed by atoms with Crippen LogP contribution in [0.5, 0.6) is 0 Å². The summed E-state index contributed by atoms with van der Waals surface area (Å²) in [7, 11) is 0. The standard InChI is InChI=1S/C10H15N7OS/c1-5(2)15-9(18)7-8(11)17-19-10(7)12-3-6-13-4-14-16-6/h4-5,12H,3H2,1-2H3,(H2,11,17)(H,15,18)(H,13,14,16). The minimum absolute atomic E-state index is 0.0360. The number of amides is 1. The summed E-state index contributed by atoms with van der Waals surface area (Å²) < 4.78 is 3.99. The molecule has 0 atom stereocenters. The van der Waals surface area contributed by atoms with Gasteiger partial charge in [-0.25, -0.2) is 4.98 Å². The highest BCUT2D eigenvalue weighted by atomic mass is 32.1. The van der Waals surface area contributed by atoms with Gasteiger partial charge >= 0.3 is 0 Å². The summed E-state index contributed by atoms with van der Waals surface area (Å²) in [6.07, 6.45) is 1.42. The first-order valence-corrected chi connectivity index (χ1v) is 6.49. The Morgan fingerprint density at radius 2 is 2.37 bits per heavy atom. The van der Waals surface area contributed by atoms with E-state index in [0.717, 1.165) is 11.5 Å². The van der Waals surface area contributed by atoms with Gasteiger partial charge in [0.1, 0.15) is 22.7 Å². The van der Waals surface area contributed by atoms with Gasteiger partial charge in [-0.3, -0.25) is 9.89 Å². The summed E-state index contributed by atoms with van der Waals surface area (Å²) in [6, 6.07) is 0.0360. The Morgan fingerprint density at radius 1 is 1.58 bits per heavy atom. The van der Waals surface area contributed by atoms with Gasteiger partial charge in [0, 0.05) is 6.04 Å². The minimum atomic E-state index is -0.235. The number of hydrogen-bond acceptors (Lipinski definition) is 7. The second kappa shape index (κ2) is 5.65. The third kappa shape index (κ3) is 3.19. The molecule has 0 aliphatic heterocycles. The average molecular weight is 281 g/mol. The first-order valence-electron chi connectivity index (χ1n) is 5.72. The van der Waals surface area contributed by atoms with Gasteiger partial charge in [-0.05, 0) is 25.4 Å². The number of carbonyl (C=O) groups is 1. The highest BCUT2D eigenvalue weighted by molar-refractivity contribution is 7.11. The number of aromatic nitrogens is 4. The second-order valence-electron chi connectivity index (χ2n) is 4.19. The summed E-state index contributed by atoms with van der Waals surface area (Å²) in [5.41, 5.74) is 6.10. The van der Waals surface area contributed by atoms with Crippen LogP contribution in [0.4, 0.5) is 10.8 Å². The third-order valence-corrected chi connectivity index (χ3v) is 3.07. The van der Waals surface area contributed by atoms with E-state index in [1.54, 1.807) is 0 Å². The zero-order valence-electron chi connectivity index (χ0n) is 10.6. The Morgan fingerprint density at radius 3 is 3.00 bits per heavy atom. The molecule has 8 nitrogen and oxygen atoms in total. The summed E-state index contributed by atoms with van der Waals surface area (Å²) in [4.78, 5) is 16.0. The quantitative estimate of drug-likeness (QED) is 0.636. The van der Waals surface area contributed by atoms with Crippen molar-refractivity contribution in [2.75, 3.05) is 11.1 Å². The zero-order chi connectivity index (χ0) is 13.8. The normalized spacial score (nSPS) is 10.7. The lowest BCUT2D eigenvalue weighted by Gasteiger charge is -2.09. The number of nitrogens with one attached hydrogen (secondary N) is 3.